The summed E-state index contributed by atoms with van der Waals surface area (Å²) in [7, 11) is 0. The van der Waals surface area contributed by atoms with Crippen molar-refractivity contribution < 1.29 is 19.1 Å². The highest BCUT2D eigenvalue weighted by Crippen LogP contribution is 2.38. The van der Waals surface area contributed by atoms with Crippen molar-refractivity contribution in [1.29, 1.82) is 0 Å². The van der Waals surface area contributed by atoms with Gasteiger partial charge in [-0.25, -0.2) is 4.79 Å². The van der Waals surface area contributed by atoms with Crippen LogP contribution in [0.25, 0.3) is 0 Å². The van der Waals surface area contributed by atoms with Crippen LogP contribution in [0.3, 0.4) is 0 Å². The van der Waals surface area contributed by atoms with Crippen molar-refractivity contribution in [3.8, 4) is 5.75 Å². The number of ether oxygens (including phenoxy) is 2. The molecule has 29 heavy (non-hydrogen) atoms. The van der Waals surface area contributed by atoms with E-state index in [2.05, 4.69) is 5.32 Å². The Hall–Kier alpha value is -3.08. The maximum absolute atomic E-state index is 13.0. The highest BCUT2D eigenvalue weighted by Gasteiger charge is 2.34. The summed E-state index contributed by atoms with van der Waals surface area (Å²) >= 11 is 0. The first-order valence-electron chi connectivity index (χ1n) is 9.94. The molecular formula is C24H27NO4. The molecule has 3 rings (SSSR count). The van der Waals surface area contributed by atoms with E-state index in [-0.39, 0.29) is 18.9 Å². The highest BCUT2D eigenvalue weighted by atomic mass is 16.5. The van der Waals surface area contributed by atoms with E-state index in [1.165, 1.54) is 0 Å². The standard InChI is InChI=1S/C24H27NO4/c1-4-13-28-21-8-6-5-7-19(21)20-14-22(26)25-17(3)23(20)24(27)29-15-18-11-9-16(2)10-12-18/h5-12,20H,4,13-15H2,1-3H3,(H,25,26)/t20-/m0/s1. The number of rotatable bonds is 7. The summed E-state index contributed by atoms with van der Waals surface area (Å²) in [6.45, 7) is 6.55. The van der Waals surface area contributed by atoms with Crippen LogP contribution in [0.5, 0.6) is 5.75 Å². The topological polar surface area (TPSA) is 64.6 Å². The van der Waals surface area contributed by atoms with Crippen LogP contribution in [0.1, 0.15) is 49.3 Å². The van der Waals surface area contributed by atoms with E-state index in [0.29, 0.717) is 23.6 Å². The van der Waals surface area contributed by atoms with Crippen molar-refractivity contribution in [2.75, 3.05) is 6.61 Å². The zero-order valence-electron chi connectivity index (χ0n) is 17.2. The van der Waals surface area contributed by atoms with Crippen LogP contribution in [0.2, 0.25) is 0 Å². The highest BCUT2D eigenvalue weighted by molar-refractivity contribution is 5.96. The summed E-state index contributed by atoms with van der Waals surface area (Å²) in [5, 5.41) is 2.78. The van der Waals surface area contributed by atoms with E-state index >= 15 is 0 Å². The largest absolute Gasteiger partial charge is 0.493 e. The van der Waals surface area contributed by atoms with Gasteiger partial charge in [-0.15, -0.1) is 0 Å². The number of esters is 1. The summed E-state index contributed by atoms with van der Waals surface area (Å²) < 4.78 is 11.5. The van der Waals surface area contributed by atoms with E-state index in [9.17, 15) is 9.59 Å². The Morgan fingerprint density at radius 3 is 2.55 bits per heavy atom. The fraction of sp³-hybridized carbons (Fsp3) is 0.333. The van der Waals surface area contributed by atoms with Crippen LogP contribution in [0.15, 0.2) is 59.8 Å². The molecule has 2 aromatic rings. The number of nitrogens with one attached hydrogen (secondary N) is 1. The minimum Gasteiger partial charge on any atom is -0.493 e. The summed E-state index contributed by atoms with van der Waals surface area (Å²) in [6, 6.07) is 15.4. The van der Waals surface area contributed by atoms with Gasteiger partial charge in [-0.05, 0) is 31.9 Å². The fourth-order valence-electron chi connectivity index (χ4n) is 3.46. The summed E-state index contributed by atoms with van der Waals surface area (Å²) in [4.78, 5) is 25.2. The third-order valence-corrected chi connectivity index (χ3v) is 4.94. The molecular weight excluding hydrogens is 366 g/mol. The Balaban J connectivity index is 1.86. The lowest BCUT2D eigenvalue weighted by Gasteiger charge is -2.28. The minimum atomic E-state index is -0.418. The molecule has 1 aliphatic heterocycles. The van der Waals surface area contributed by atoms with E-state index in [1.807, 2.05) is 62.4 Å². The molecule has 5 heteroatoms. The Kier molecular flexibility index (Phi) is 6.70. The zero-order chi connectivity index (χ0) is 20.8. The molecule has 1 atom stereocenters. The van der Waals surface area contributed by atoms with Gasteiger partial charge in [-0.3, -0.25) is 4.79 Å². The molecule has 1 N–H and O–H groups in total. The minimum absolute atomic E-state index is 0.118. The number of carbonyl (C=O) groups excluding carboxylic acids is 2. The molecule has 1 amide bonds. The molecule has 0 saturated carbocycles. The number of allylic oxidation sites excluding steroid dienone is 1. The number of aryl methyl sites for hydroxylation is 1. The molecule has 1 aliphatic rings. The maximum atomic E-state index is 13.0. The van der Waals surface area contributed by atoms with Gasteiger partial charge in [-0.1, -0.05) is 55.0 Å². The van der Waals surface area contributed by atoms with Crippen molar-refractivity contribution >= 4 is 11.9 Å². The van der Waals surface area contributed by atoms with Crippen LogP contribution in [-0.4, -0.2) is 18.5 Å². The van der Waals surface area contributed by atoms with Gasteiger partial charge in [0, 0.05) is 23.6 Å². The average Bonchev–Trinajstić information content (AvgIpc) is 2.71. The van der Waals surface area contributed by atoms with Gasteiger partial charge in [0.2, 0.25) is 5.91 Å². The lowest BCUT2D eigenvalue weighted by Crippen LogP contribution is -2.34. The predicted octanol–water partition coefficient (Wildman–Crippen LogP) is 4.40. The Morgan fingerprint density at radius 2 is 1.83 bits per heavy atom. The first-order valence-corrected chi connectivity index (χ1v) is 9.94. The average molecular weight is 393 g/mol. The molecule has 0 saturated heterocycles. The second kappa shape index (κ2) is 9.41. The van der Waals surface area contributed by atoms with E-state index < -0.39 is 11.9 Å². The Bertz CT molecular complexity index is 915. The molecule has 2 aromatic carbocycles. The molecule has 5 nitrogen and oxygen atoms in total. The SMILES string of the molecule is CCCOc1ccccc1[C@@H]1CC(=O)NC(C)=C1C(=O)OCc1ccc(C)cc1. The van der Waals surface area contributed by atoms with Crippen molar-refractivity contribution in [2.45, 2.75) is 46.1 Å². The van der Waals surface area contributed by atoms with Crippen molar-refractivity contribution in [3.63, 3.8) is 0 Å². The Morgan fingerprint density at radius 1 is 1.10 bits per heavy atom. The van der Waals surface area contributed by atoms with Gasteiger partial charge >= 0.3 is 5.97 Å². The van der Waals surface area contributed by atoms with Gasteiger partial charge < -0.3 is 14.8 Å². The van der Waals surface area contributed by atoms with E-state index in [4.69, 9.17) is 9.47 Å². The van der Waals surface area contributed by atoms with E-state index in [0.717, 1.165) is 23.1 Å². The second-order valence-corrected chi connectivity index (χ2v) is 7.29. The normalized spacial score (nSPS) is 16.4. The van der Waals surface area contributed by atoms with Crippen LogP contribution < -0.4 is 10.1 Å². The molecule has 1 heterocycles. The van der Waals surface area contributed by atoms with Crippen LogP contribution in [0, 0.1) is 6.92 Å². The van der Waals surface area contributed by atoms with Gasteiger partial charge in [0.15, 0.2) is 0 Å². The molecule has 0 bridgehead atoms. The lowest BCUT2D eigenvalue weighted by molar-refractivity contribution is -0.141. The molecule has 0 fully saturated rings. The molecule has 152 valence electrons. The Labute approximate surface area is 171 Å². The van der Waals surface area contributed by atoms with Crippen molar-refractivity contribution in [3.05, 3.63) is 76.5 Å². The maximum Gasteiger partial charge on any atom is 0.336 e. The summed E-state index contributed by atoms with van der Waals surface area (Å²) in [6.07, 6.45) is 1.05. The van der Waals surface area contributed by atoms with Crippen LogP contribution >= 0.6 is 0 Å². The molecule has 0 aromatic heterocycles. The molecule has 0 radical (unpaired) electrons. The van der Waals surface area contributed by atoms with Gasteiger partial charge in [0.05, 0.1) is 12.2 Å². The van der Waals surface area contributed by atoms with Crippen molar-refractivity contribution in [1.82, 2.24) is 5.32 Å². The monoisotopic (exact) mass is 393 g/mol. The quantitative estimate of drug-likeness (QED) is 0.708. The number of carbonyl (C=O) groups is 2. The van der Waals surface area contributed by atoms with Crippen LogP contribution in [-0.2, 0) is 20.9 Å². The first-order chi connectivity index (χ1) is 14.0. The first kappa shape index (κ1) is 20.6. The van der Waals surface area contributed by atoms with Gasteiger partial charge in [-0.2, -0.15) is 0 Å². The predicted molar refractivity (Wildman–Crippen MR) is 111 cm³/mol. The number of para-hydroxylation sites is 1. The molecule has 0 aliphatic carbocycles. The van der Waals surface area contributed by atoms with Gasteiger partial charge in [0.1, 0.15) is 12.4 Å². The third kappa shape index (κ3) is 5.05. The number of amides is 1. The zero-order valence-corrected chi connectivity index (χ0v) is 17.2. The summed E-state index contributed by atoms with van der Waals surface area (Å²) in [5.74, 6) is -0.237. The van der Waals surface area contributed by atoms with Crippen molar-refractivity contribution in [2.24, 2.45) is 0 Å². The third-order valence-electron chi connectivity index (χ3n) is 4.94. The number of hydrogen-bond donors (Lipinski definition) is 1. The van der Waals surface area contributed by atoms with Crippen LogP contribution in [0.4, 0.5) is 0 Å². The second-order valence-electron chi connectivity index (χ2n) is 7.29. The molecule has 0 unspecified atom stereocenters. The fourth-order valence-corrected chi connectivity index (χ4v) is 3.46. The number of hydrogen-bond acceptors (Lipinski definition) is 4. The lowest BCUT2D eigenvalue weighted by atomic mass is 9.84. The summed E-state index contributed by atoms with van der Waals surface area (Å²) in [5.41, 5.74) is 3.91. The smallest absolute Gasteiger partial charge is 0.336 e. The molecule has 0 spiro atoms. The number of benzene rings is 2. The van der Waals surface area contributed by atoms with E-state index in [1.54, 1.807) is 6.92 Å². The van der Waals surface area contributed by atoms with Gasteiger partial charge in [0.25, 0.3) is 0 Å².